The van der Waals surface area contributed by atoms with Gasteiger partial charge in [-0.25, -0.2) is 0 Å². The number of aromatic hydroxyl groups is 1. The largest absolute Gasteiger partial charge is 0.508 e. The first-order valence-corrected chi connectivity index (χ1v) is 6.85. The molecule has 0 fully saturated rings. The highest BCUT2D eigenvalue weighted by Crippen LogP contribution is 2.29. The van der Waals surface area contributed by atoms with Crippen LogP contribution in [0.15, 0.2) is 42.5 Å². The topological polar surface area (TPSA) is 23.5 Å². The summed E-state index contributed by atoms with van der Waals surface area (Å²) in [6.07, 6.45) is 2.40. The predicted octanol–water partition coefficient (Wildman–Crippen LogP) is 3.65. The lowest BCUT2D eigenvalue weighted by atomic mass is 9.99. The van der Waals surface area contributed by atoms with Crippen LogP contribution in [0.3, 0.4) is 0 Å². The molecule has 0 bridgehead atoms. The molecule has 0 amide bonds. The third-order valence-corrected chi connectivity index (χ3v) is 3.76. The van der Waals surface area contributed by atoms with Gasteiger partial charge in [0.2, 0.25) is 0 Å². The number of nitrogens with zero attached hydrogens (tertiary/aromatic N) is 1. The van der Waals surface area contributed by atoms with Gasteiger partial charge >= 0.3 is 0 Å². The third-order valence-electron chi connectivity index (χ3n) is 3.76. The molecule has 1 aliphatic rings. The first-order chi connectivity index (χ1) is 9.22. The van der Waals surface area contributed by atoms with E-state index in [1.807, 2.05) is 12.1 Å². The van der Waals surface area contributed by atoms with Crippen LogP contribution in [0, 0.1) is 6.92 Å². The SMILES string of the molecule is Cc1ccc2c(c1)CCCN2Cc1ccc(O)cc1. The van der Waals surface area contributed by atoms with Crippen LogP contribution in [0.5, 0.6) is 5.75 Å². The molecule has 2 heteroatoms. The van der Waals surface area contributed by atoms with E-state index in [4.69, 9.17) is 0 Å². The minimum absolute atomic E-state index is 0.332. The molecule has 3 rings (SSSR count). The zero-order chi connectivity index (χ0) is 13.2. The van der Waals surface area contributed by atoms with E-state index in [1.54, 1.807) is 12.1 Å². The van der Waals surface area contributed by atoms with Crippen LogP contribution in [-0.2, 0) is 13.0 Å². The van der Waals surface area contributed by atoms with Crippen molar-refractivity contribution in [3.8, 4) is 5.75 Å². The molecule has 2 nitrogen and oxygen atoms in total. The van der Waals surface area contributed by atoms with E-state index in [2.05, 4.69) is 30.0 Å². The van der Waals surface area contributed by atoms with Crippen molar-refractivity contribution in [1.82, 2.24) is 0 Å². The van der Waals surface area contributed by atoms with Gasteiger partial charge in [0, 0.05) is 18.8 Å². The fourth-order valence-electron chi connectivity index (χ4n) is 2.79. The summed E-state index contributed by atoms with van der Waals surface area (Å²) >= 11 is 0. The van der Waals surface area contributed by atoms with Crippen molar-refractivity contribution in [2.75, 3.05) is 11.4 Å². The number of hydrogen-bond acceptors (Lipinski definition) is 2. The van der Waals surface area contributed by atoms with Gasteiger partial charge in [-0.3, -0.25) is 0 Å². The Labute approximate surface area is 114 Å². The van der Waals surface area contributed by atoms with Gasteiger partial charge in [0.05, 0.1) is 0 Å². The van der Waals surface area contributed by atoms with Crippen LogP contribution >= 0.6 is 0 Å². The fourth-order valence-corrected chi connectivity index (χ4v) is 2.79. The Morgan fingerprint density at radius 2 is 1.89 bits per heavy atom. The summed E-state index contributed by atoms with van der Waals surface area (Å²) in [4.78, 5) is 2.44. The molecular weight excluding hydrogens is 234 g/mol. The van der Waals surface area contributed by atoms with Crippen molar-refractivity contribution < 1.29 is 5.11 Å². The highest BCUT2D eigenvalue weighted by molar-refractivity contribution is 5.57. The smallest absolute Gasteiger partial charge is 0.115 e. The Morgan fingerprint density at radius 3 is 2.68 bits per heavy atom. The second kappa shape index (κ2) is 4.96. The van der Waals surface area contributed by atoms with Gasteiger partial charge in [-0.05, 0) is 49.1 Å². The molecule has 0 saturated carbocycles. The van der Waals surface area contributed by atoms with E-state index in [-0.39, 0.29) is 0 Å². The molecule has 98 valence electrons. The summed E-state index contributed by atoms with van der Waals surface area (Å²) < 4.78 is 0. The molecule has 0 atom stereocenters. The van der Waals surface area contributed by atoms with Crippen LogP contribution < -0.4 is 4.90 Å². The molecule has 0 aliphatic carbocycles. The van der Waals surface area contributed by atoms with Crippen molar-refractivity contribution in [1.29, 1.82) is 0 Å². The summed E-state index contributed by atoms with van der Waals surface area (Å²) in [5, 5.41) is 9.34. The zero-order valence-corrected chi connectivity index (χ0v) is 11.3. The van der Waals surface area contributed by atoms with E-state index < -0.39 is 0 Å². The number of phenolic OH excluding ortho intramolecular Hbond substituents is 1. The molecule has 1 N–H and O–H groups in total. The zero-order valence-electron chi connectivity index (χ0n) is 11.3. The van der Waals surface area contributed by atoms with Gasteiger partial charge in [-0.15, -0.1) is 0 Å². The standard InChI is InChI=1S/C17H19NO/c1-13-4-9-17-15(11-13)3-2-10-18(17)12-14-5-7-16(19)8-6-14/h4-9,11,19H,2-3,10,12H2,1H3. The second-order valence-corrected chi connectivity index (χ2v) is 5.32. The van der Waals surface area contributed by atoms with Crippen LogP contribution in [0.4, 0.5) is 5.69 Å². The van der Waals surface area contributed by atoms with E-state index in [0.717, 1.165) is 13.1 Å². The van der Waals surface area contributed by atoms with E-state index in [1.165, 1.54) is 35.2 Å². The molecule has 19 heavy (non-hydrogen) atoms. The number of benzene rings is 2. The number of phenols is 1. The quantitative estimate of drug-likeness (QED) is 0.883. The summed E-state index contributed by atoms with van der Waals surface area (Å²) in [6, 6.07) is 14.2. The lowest BCUT2D eigenvalue weighted by Crippen LogP contribution is -2.28. The molecule has 1 heterocycles. The maximum absolute atomic E-state index is 9.34. The van der Waals surface area contributed by atoms with Gasteiger partial charge in [0.15, 0.2) is 0 Å². The van der Waals surface area contributed by atoms with E-state index >= 15 is 0 Å². The maximum atomic E-state index is 9.34. The summed E-state index contributed by atoms with van der Waals surface area (Å²) in [5.41, 5.74) is 5.41. The molecule has 0 aromatic heterocycles. The number of fused-ring (bicyclic) bond motifs is 1. The van der Waals surface area contributed by atoms with Crippen LogP contribution in [0.25, 0.3) is 0 Å². The van der Waals surface area contributed by atoms with Gasteiger partial charge in [-0.1, -0.05) is 29.8 Å². The Bertz CT molecular complexity index is 574. The predicted molar refractivity (Wildman–Crippen MR) is 78.7 cm³/mol. The minimum atomic E-state index is 0.332. The number of aryl methyl sites for hydroxylation is 2. The van der Waals surface area contributed by atoms with Gasteiger partial charge < -0.3 is 10.0 Å². The Hall–Kier alpha value is -1.96. The molecule has 0 unspecified atom stereocenters. The minimum Gasteiger partial charge on any atom is -0.508 e. The maximum Gasteiger partial charge on any atom is 0.115 e. The first kappa shape index (κ1) is 12.1. The van der Waals surface area contributed by atoms with Crippen molar-refractivity contribution in [2.24, 2.45) is 0 Å². The third kappa shape index (κ3) is 2.58. The highest BCUT2D eigenvalue weighted by atomic mass is 16.3. The lowest BCUT2D eigenvalue weighted by Gasteiger charge is -2.31. The lowest BCUT2D eigenvalue weighted by molar-refractivity contribution is 0.475. The Balaban J connectivity index is 1.85. The van der Waals surface area contributed by atoms with E-state index in [9.17, 15) is 5.11 Å². The molecule has 1 aliphatic heterocycles. The molecule has 0 spiro atoms. The van der Waals surface area contributed by atoms with Crippen molar-refractivity contribution in [2.45, 2.75) is 26.3 Å². The first-order valence-electron chi connectivity index (χ1n) is 6.85. The second-order valence-electron chi connectivity index (χ2n) is 5.32. The fraction of sp³-hybridized carbons (Fsp3) is 0.294. The Kier molecular flexibility index (Phi) is 3.16. The van der Waals surface area contributed by atoms with Crippen LogP contribution in [-0.4, -0.2) is 11.7 Å². The number of rotatable bonds is 2. The highest BCUT2D eigenvalue weighted by Gasteiger charge is 2.16. The summed E-state index contributed by atoms with van der Waals surface area (Å²) in [6.45, 7) is 4.17. The van der Waals surface area contributed by atoms with Gasteiger partial charge in [-0.2, -0.15) is 0 Å². The normalized spacial score (nSPS) is 14.3. The summed E-state index contributed by atoms with van der Waals surface area (Å²) in [7, 11) is 0. The average Bonchev–Trinajstić information content (AvgIpc) is 2.41. The number of anilines is 1. The van der Waals surface area contributed by atoms with Gasteiger partial charge in [0.25, 0.3) is 0 Å². The monoisotopic (exact) mass is 253 g/mol. The molecule has 0 saturated heterocycles. The summed E-state index contributed by atoms with van der Waals surface area (Å²) in [5.74, 6) is 0.332. The molecule has 2 aromatic carbocycles. The molecular formula is C17H19NO. The van der Waals surface area contributed by atoms with Crippen molar-refractivity contribution in [3.63, 3.8) is 0 Å². The van der Waals surface area contributed by atoms with Crippen LogP contribution in [0.1, 0.15) is 23.1 Å². The number of hydrogen-bond donors (Lipinski definition) is 1. The van der Waals surface area contributed by atoms with Crippen molar-refractivity contribution in [3.05, 3.63) is 59.2 Å². The molecule has 2 aromatic rings. The average molecular weight is 253 g/mol. The molecule has 0 radical (unpaired) electrons. The van der Waals surface area contributed by atoms with Crippen LogP contribution in [0.2, 0.25) is 0 Å². The van der Waals surface area contributed by atoms with E-state index in [0.29, 0.717) is 5.75 Å². The van der Waals surface area contributed by atoms with Gasteiger partial charge in [0.1, 0.15) is 5.75 Å². The Morgan fingerprint density at radius 1 is 1.11 bits per heavy atom. The van der Waals surface area contributed by atoms with Crippen molar-refractivity contribution >= 4 is 5.69 Å².